The molecule has 0 aromatic rings. The first-order valence-corrected chi connectivity index (χ1v) is 16.8. The monoisotopic (exact) mass is 648 g/mol. The highest BCUT2D eigenvalue weighted by molar-refractivity contribution is 6.37. The zero-order valence-corrected chi connectivity index (χ0v) is 28.9. The normalized spacial score (nSPS) is 23.6. The smallest absolute Gasteiger partial charge is 0.410 e. The van der Waals surface area contributed by atoms with Gasteiger partial charge in [0.05, 0.1) is 6.04 Å². The molecule has 0 spiro atoms. The van der Waals surface area contributed by atoms with Gasteiger partial charge in [0, 0.05) is 25.7 Å². The van der Waals surface area contributed by atoms with Crippen LogP contribution in [0.2, 0.25) is 0 Å². The number of carbonyl (C=O) groups excluding carboxylic acids is 6. The minimum absolute atomic E-state index is 0.0500. The van der Waals surface area contributed by atoms with Crippen molar-refractivity contribution in [1.82, 2.24) is 25.8 Å². The van der Waals surface area contributed by atoms with Gasteiger partial charge in [-0.25, -0.2) is 9.59 Å². The van der Waals surface area contributed by atoms with E-state index in [2.05, 4.69) is 16.0 Å². The van der Waals surface area contributed by atoms with E-state index in [0.717, 1.165) is 19.3 Å². The molecule has 0 bridgehead atoms. The molecule has 260 valence electrons. The van der Waals surface area contributed by atoms with Gasteiger partial charge in [-0.15, -0.1) is 0 Å². The van der Waals surface area contributed by atoms with E-state index in [-0.39, 0.29) is 30.3 Å². The number of urea groups is 1. The van der Waals surface area contributed by atoms with Gasteiger partial charge in [0.25, 0.3) is 5.91 Å². The number of primary amides is 1. The third-order valence-corrected chi connectivity index (χ3v) is 9.32. The minimum Gasteiger partial charge on any atom is -0.444 e. The number of likely N-dealkylation sites (tertiary alicyclic amines) is 2. The summed E-state index contributed by atoms with van der Waals surface area (Å²) in [7, 11) is 0. The zero-order valence-electron chi connectivity index (χ0n) is 28.9. The second-order valence-electron chi connectivity index (χ2n) is 15.7. The molecular formula is C33H56N6O7. The van der Waals surface area contributed by atoms with Crippen molar-refractivity contribution in [3.8, 4) is 0 Å². The fraction of sp³-hybridized carbons (Fsp3) is 0.818. The van der Waals surface area contributed by atoms with Gasteiger partial charge in [-0.3, -0.25) is 19.2 Å². The highest BCUT2D eigenvalue weighted by atomic mass is 16.6. The van der Waals surface area contributed by atoms with Crippen LogP contribution in [0.4, 0.5) is 9.59 Å². The topological polar surface area (TPSA) is 180 Å². The van der Waals surface area contributed by atoms with Gasteiger partial charge in [-0.1, -0.05) is 53.9 Å². The molecule has 2 unspecified atom stereocenters. The lowest BCUT2D eigenvalue weighted by Gasteiger charge is -2.38. The zero-order chi connectivity index (χ0) is 34.6. The SMILES string of the molecule is CC(C)[C@H]1CCN(C(=O)[C@@H](NC(=O)NC2CCCN(C(=O)OC(C)(C)C)C2)C(C)(C)C)[C@@H]1C(=O)NC(CC1CCC1)C(=O)C(N)=O. The number of Topliss-reactive ketones (excluding diaryl/α,β-unsaturated/α-hetero) is 1. The number of rotatable bonds is 10. The lowest BCUT2D eigenvalue weighted by Crippen LogP contribution is -2.62. The number of ether oxygens (including phenoxy) is 1. The average molecular weight is 649 g/mol. The van der Waals surface area contributed by atoms with Crippen molar-refractivity contribution in [1.29, 1.82) is 0 Å². The second kappa shape index (κ2) is 15.0. The van der Waals surface area contributed by atoms with Gasteiger partial charge >= 0.3 is 12.1 Å². The summed E-state index contributed by atoms with van der Waals surface area (Å²) >= 11 is 0. The third-order valence-electron chi connectivity index (χ3n) is 9.32. The average Bonchev–Trinajstić information content (AvgIpc) is 3.36. The van der Waals surface area contributed by atoms with Crippen LogP contribution in [0.15, 0.2) is 0 Å². The van der Waals surface area contributed by atoms with Crippen molar-refractivity contribution >= 4 is 35.6 Å². The first-order valence-electron chi connectivity index (χ1n) is 16.8. The van der Waals surface area contributed by atoms with Crippen LogP contribution in [0.3, 0.4) is 0 Å². The first kappa shape index (κ1) is 37.1. The molecule has 5 atom stereocenters. The Morgan fingerprint density at radius 2 is 1.54 bits per heavy atom. The van der Waals surface area contributed by atoms with E-state index >= 15 is 0 Å². The highest BCUT2D eigenvalue weighted by Crippen LogP contribution is 2.34. The summed E-state index contributed by atoms with van der Waals surface area (Å²) in [6.45, 7) is 16.0. The molecule has 2 heterocycles. The van der Waals surface area contributed by atoms with Crippen LogP contribution in [0.5, 0.6) is 0 Å². The van der Waals surface area contributed by atoms with Gasteiger partial charge in [0.15, 0.2) is 0 Å². The number of hydrogen-bond acceptors (Lipinski definition) is 7. The van der Waals surface area contributed by atoms with E-state index in [1.54, 1.807) is 25.7 Å². The van der Waals surface area contributed by atoms with Crippen molar-refractivity contribution < 1.29 is 33.5 Å². The molecule has 46 heavy (non-hydrogen) atoms. The van der Waals surface area contributed by atoms with E-state index in [1.807, 2.05) is 34.6 Å². The Kier molecular flexibility index (Phi) is 12.1. The summed E-state index contributed by atoms with van der Waals surface area (Å²) in [5.74, 6) is -2.74. The fourth-order valence-electron chi connectivity index (χ4n) is 6.58. The molecule has 0 radical (unpaired) electrons. The Hall–Kier alpha value is -3.38. The van der Waals surface area contributed by atoms with Gasteiger partial charge in [-0.05, 0) is 69.6 Å². The van der Waals surface area contributed by atoms with Crippen LogP contribution in [0.25, 0.3) is 0 Å². The minimum atomic E-state index is -1.10. The maximum Gasteiger partial charge on any atom is 0.410 e. The molecule has 0 aromatic heterocycles. The van der Waals surface area contributed by atoms with E-state index < -0.39 is 64.8 Å². The molecule has 1 saturated carbocycles. The molecule has 2 aliphatic heterocycles. The van der Waals surface area contributed by atoms with E-state index in [4.69, 9.17) is 10.5 Å². The quantitative estimate of drug-likeness (QED) is 0.263. The van der Waals surface area contributed by atoms with Crippen LogP contribution in [-0.4, -0.2) is 94.8 Å². The third kappa shape index (κ3) is 9.81. The molecule has 3 rings (SSSR count). The van der Waals surface area contributed by atoms with Crippen LogP contribution in [0.1, 0.15) is 100 Å². The standard InChI is InChI=1S/C33H56N6O7/c1-19(2)22-14-16-39(24(22)28(42)36-23(25(40)27(34)41)17-20-11-9-12-20)29(43)26(32(3,4)5)37-30(44)35-21-13-10-15-38(18-21)31(45)46-33(6,7)8/h19-24,26H,9-18H2,1-8H3,(H2,34,41)(H,36,42)(H2,35,37,44)/t21?,22-,23?,24+,26-/m1/s1. The van der Waals surface area contributed by atoms with E-state index in [9.17, 15) is 28.8 Å². The molecule has 5 N–H and O–H groups in total. The van der Waals surface area contributed by atoms with Gasteiger partial charge in [0.1, 0.15) is 17.7 Å². The molecule has 3 fully saturated rings. The summed E-state index contributed by atoms with van der Waals surface area (Å²) in [5.41, 5.74) is 3.97. The second-order valence-corrected chi connectivity index (χ2v) is 15.7. The van der Waals surface area contributed by atoms with Crippen LogP contribution in [-0.2, 0) is 23.9 Å². The predicted octanol–water partition coefficient (Wildman–Crippen LogP) is 2.70. The highest BCUT2D eigenvalue weighted by Gasteiger charge is 2.48. The summed E-state index contributed by atoms with van der Waals surface area (Å²) < 4.78 is 5.49. The summed E-state index contributed by atoms with van der Waals surface area (Å²) in [5, 5.41) is 8.57. The maximum atomic E-state index is 14.2. The molecule has 6 amide bonds. The molecular weight excluding hydrogens is 592 g/mol. The number of nitrogens with one attached hydrogen (secondary N) is 3. The lowest BCUT2D eigenvalue weighted by molar-refractivity contribution is -0.144. The van der Waals surface area contributed by atoms with Gasteiger partial charge in [-0.2, -0.15) is 0 Å². The summed E-state index contributed by atoms with van der Waals surface area (Å²) in [6, 6.07) is -3.77. The number of piperidine rings is 1. The summed E-state index contributed by atoms with van der Waals surface area (Å²) in [4.78, 5) is 81.6. The molecule has 3 aliphatic rings. The number of hydrogen-bond donors (Lipinski definition) is 4. The van der Waals surface area contributed by atoms with Crippen molar-refractivity contribution in [2.45, 2.75) is 130 Å². The predicted molar refractivity (Wildman–Crippen MR) is 172 cm³/mol. The number of amides is 6. The molecule has 0 aromatic carbocycles. The van der Waals surface area contributed by atoms with Crippen molar-refractivity contribution in [3.63, 3.8) is 0 Å². The Balaban J connectivity index is 1.75. The van der Waals surface area contributed by atoms with Crippen LogP contribution < -0.4 is 21.7 Å². The van der Waals surface area contributed by atoms with Crippen molar-refractivity contribution in [2.24, 2.45) is 28.9 Å². The fourth-order valence-corrected chi connectivity index (χ4v) is 6.58. The molecule has 1 aliphatic carbocycles. The Morgan fingerprint density at radius 1 is 0.891 bits per heavy atom. The lowest BCUT2D eigenvalue weighted by atomic mass is 9.80. The van der Waals surface area contributed by atoms with Gasteiger partial charge < -0.3 is 36.2 Å². The van der Waals surface area contributed by atoms with Crippen LogP contribution in [0, 0.1) is 23.2 Å². The molecule has 2 saturated heterocycles. The Labute approximate surface area is 273 Å². The van der Waals surface area contributed by atoms with E-state index in [0.29, 0.717) is 38.8 Å². The summed E-state index contributed by atoms with van der Waals surface area (Å²) in [6.07, 6.45) is 4.69. The maximum absolute atomic E-state index is 14.2. The molecule has 13 nitrogen and oxygen atoms in total. The van der Waals surface area contributed by atoms with Crippen molar-refractivity contribution in [2.75, 3.05) is 19.6 Å². The Bertz CT molecular complexity index is 1160. The number of carbonyl (C=O) groups is 6. The van der Waals surface area contributed by atoms with Crippen molar-refractivity contribution in [3.05, 3.63) is 0 Å². The molecule has 13 heteroatoms. The largest absolute Gasteiger partial charge is 0.444 e. The number of nitrogens with zero attached hydrogens (tertiary/aromatic N) is 2. The van der Waals surface area contributed by atoms with Crippen LogP contribution >= 0.6 is 0 Å². The van der Waals surface area contributed by atoms with Gasteiger partial charge in [0.2, 0.25) is 17.6 Å². The first-order chi connectivity index (χ1) is 21.3. The number of nitrogens with two attached hydrogens (primary N) is 1. The number of ketones is 1. The van der Waals surface area contributed by atoms with E-state index in [1.165, 1.54) is 4.90 Å². The Morgan fingerprint density at radius 3 is 2.07 bits per heavy atom.